The zero-order valence-electron chi connectivity index (χ0n) is 9.06. The van der Waals surface area contributed by atoms with Gasteiger partial charge >= 0.3 is 6.09 Å². The first-order chi connectivity index (χ1) is 6.64. The molecular formula is C11H19NO2. The Balaban J connectivity index is 2.71. The highest BCUT2D eigenvalue weighted by molar-refractivity contribution is 5.69. The quantitative estimate of drug-likeness (QED) is 0.706. The fourth-order valence-electron chi connectivity index (χ4n) is 2.13. The maximum atomic E-state index is 11.2. The molecule has 1 rings (SSSR count). The maximum Gasteiger partial charge on any atom is 0.407 e. The number of alkyl carbamates (subject to hydrolysis) is 1. The first-order valence-electron chi connectivity index (χ1n) is 5.19. The van der Waals surface area contributed by atoms with Crippen molar-refractivity contribution in [3.8, 4) is 0 Å². The molecule has 1 saturated carbocycles. The number of methoxy groups -OCH3 is 1. The summed E-state index contributed by atoms with van der Waals surface area (Å²) in [5, 5.41) is 2.93. The molecule has 1 aliphatic rings. The molecule has 0 aromatic heterocycles. The lowest BCUT2D eigenvalue weighted by atomic mass is 9.87. The van der Waals surface area contributed by atoms with E-state index in [4.69, 9.17) is 0 Å². The minimum Gasteiger partial charge on any atom is -0.453 e. The summed E-state index contributed by atoms with van der Waals surface area (Å²) in [6.45, 7) is 6.12. The van der Waals surface area contributed by atoms with Crippen LogP contribution in [0.2, 0.25) is 0 Å². The van der Waals surface area contributed by atoms with Crippen LogP contribution in [0.15, 0.2) is 12.2 Å². The lowest BCUT2D eigenvalue weighted by Gasteiger charge is -2.31. The molecule has 0 unspecified atom stereocenters. The van der Waals surface area contributed by atoms with Crippen LogP contribution in [0.1, 0.15) is 39.0 Å². The van der Waals surface area contributed by atoms with Gasteiger partial charge in [0.05, 0.1) is 12.6 Å². The molecular weight excluding hydrogens is 178 g/mol. The molecule has 1 fully saturated rings. The van der Waals surface area contributed by atoms with Crippen LogP contribution in [0.3, 0.4) is 0 Å². The molecule has 0 spiro atoms. The summed E-state index contributed by atoms with van der Waals surface area (Å²) in [5.41, 5.74) is 0.919. The number of rotatable bonds is 3. The highest BCUT2D eigenvalue weighted by Crippen LogP contribution is 2.36. The molecule has 0 saturated heterocycles. The van der Waals surface area contributed by atoms with E-state index in [1.54, 1.807) is 0 Å². The topological polar surface area (TPSA) is 38.3 Å². The van der Waals surface area contributed by atoms with Crippen LogP contribution in [0.4, 0.5) is 4.79 Å². The Morgan fingerprint density at radius 1 is 1.50 bits per heavy atom. The summed E-state index contributed by atoms with van der Waals surface area (Å²) >= 11 is 0. The number of carbonyl (C=O) groups is 1. The van der Waals surface area contributed by atoms with Gasteiger partial charge in [-0.2, -0.15) is 0 Å². The third-order valence-corrected chi connectivity index (χ3v) is 3.09. The molecule has 3 nitrogen and oxygen atoms in total. The Kier molecular flexibility index (Phi) is 3.55. The van der Waals surface area contributed by atoms with Gasteiger partial charge in [0.1, 0.15) is 0 Å². The fourth-order valence-corrected chi connectivity index (χ4v) is 2.13. The summed E-state index contributed by atoms with van der Waals surface area (Å²) in [6.07, 6.45) is 4.86. The predicted octanol–water partition coefficient (Wildman–Crippen LogP) is 2.62. The first-order valence-corrected chi connectivity index (χ1v) is 5.19. The normalized spacial score (nSPS) is 19.0. The van der Waals surface area contributed by atoms with Gasteiger partial charge in [0, 0.05) is 0 Å². The lowest BCUT2D eigenvalue weighted by molar-refractivity contribution is 0.159. The minimum atomic E-state index is -0.346. The number of hydrogen-bond acceptors (Lipinski definition) is 2. The van der Waals surface area contributed by atoms with Gasteiger partial charge in [-0.1, -0.05) is 31.9 Å². The van der Waals surface area contributed by atoms with Crippen LogP contribution < -0.4 is 5.32 Å². The molecule has 1 amide bonds. The van der Waals surface area contributed by atoms with Crippen LogP contribution in [-0.4, -0.2) is 18.7 Å². The third kappa shape index (κ3) is 2.08. The molecule has 0 aliphatic heterocycles. The van der Waals surface area contributed by atoms with Crippen molar-refractivity contribution in [2.75, 3.05) is 7.11 Å². The summed E-state index contributed by atoms with van der Waals surface area (Å²) in [4.78, 5) is 11.2. The predicted molar refractivity (Wildman–Crippen MR) is 56.2 cm³/mol. The van der Waals surface area contributed by atoms with E-state index in [0.29, 0.717) is 0 Å². The molecule has 0 atom stereocenters. The molecule has 80 valence electrons. The summed E-state index contributed by atoms with van der Waals surface area (Å²) < 4.78 is 4.64. The van der Waals surface area contributed by atoms with Crippen LogP contribution in [0, 0.1) is 0 Å². The average Bonchev–Trinajstić information content (AvgIpc) is 2.66. The highest BCUT2D eigenvalue weighted by atomic mass is 16.5. The van der Waals surface area contributed by atoms with Gasteiger partial charge < -0.3 is 10.1 Å². The van der Waals surface area contributed by atoms with Crippen LogP contribution in [0.25, 0.3) is 0 Å². The fraction of sp³-hybridized carbons (Fsp3) is 0.727. The Morgan fingerprint density at radius 3 is 2.50 bits per heavy atom. The Bertz CT molecular complexity index is 229. The molecule has 0 aromatic carbocycles. The van der Waals surface area contributed by atoms with Crippen molar-refractivity contribution in [3.63, 3.8) is 0 Å². The molecule has 0 bridgehead atoms. The van der Waals surface area contributed by atoms with E-state index < -0.39 is 0 Å². The van der Waals surface area contributed by atoms with Crippen molar-refractivity contribution in [2.45, 2.75) is 44.6 Å². The summed E-state index contributed by atoms with van der Waals surface area (Å²) in [7, 11) is 1.40. The number of hydrogen-bond donors (Lipinski definition) is 1. The zero-order chi connectivity index (χ0) is 10.6. The van der Waals surface area contributed by atoms with Gasteiger partial charge in [-0.3, -0.25) is 0 Å². The second kappa shape index (κ2) is 4.49. The van der Waals surface area contributed by atoms with Crippen molar-refractivity contribution in [3.05, 3.63) is 12.2 Å². The van der Waals surface area contributed by atoms with Gasteiger partial charge in [0.25, 0.3) is 0 Å². The van der Waals surface area contributed by atoms with Gasteiger partial charge in [-0.05, 0) is 19.3 Å². The van der Waals surface area contributed by atoms with Crippen molar-refractivity contribution in [1.82, 2.24) is 5.32 Å². The molecule has 0 radical (unpaired) electrons. The second-order valence-electron chi connectivity index (χ2n) is 3.86. The Morgan fingerprint density at radius 2 is 2.07 bits per heavy atom. The standard InChI is InChI=1S/C11H19NO2/c1-4-9(2)11(7-5-6-8-11)12-10(13)14-3/h2,4-8H2,1,3H3,(H,12,13). The first kappa shape index (κ1) is 11.1. The molecule has 1 aliphatic carbocycles. The summed E-state index contributed by atoms with van der Waals surface area (Å²) in [5.74, 6) is 0. The van der Waals surface area contributed by atoms with Gasteiger partial charge in [-0.15, -0.1) is 0 Å². The summed E-state index contributed by atoms with van der Waals surface area (Å²) in [6, 6.07) is 0. The van der Waals surface area contributed by atoms with E-state index in [9.17, 15) is 4.79 Å². The SMILES string of the molecule is C=C(CC)C1(NC(=O)OC)CCCC1. The lowest BCUT2D eigenvalue weighted by Crippen LogP contribution is -2.47. The smallest absolute Gasteiger partial charge is 0.407 e. The number of ether oxygens (including phenoxy) is 1. The van der Waals surface area contributed by atoms with E-state index in [1.165, 1.54) is 7.11 Å². The van der Waals surface area contributed by atoms with E-state index in [0.717, 1.165) is 37.7 Å². The second-order valence-corrected chi connectivity index (χ2v) is 3.86. The Hall–Kier alpha value is -0.990. The molecule has 3 heteroatoms. The molecule has 1 N–H and O–H groups in total. The molecule has 14 heavy (non-hydrogen) atoms. The zero-order valence-corrected chi connectivity index (χ0v) is 9.06. The van der Waals surface area contributed by atoms with Gasteiger partial charge in [-0.25, -0.2) is 4.79 Å². The van der Waals surface area contributed by atoms with Gasteiger partial charge in [0.2, 0.25) is 0 Å². The maximum absolute atomic E-state index is 11.2. The highest BCUT2D eigenvalue weighted by Gasteiger charge is 2.37. The molecule has 0 heterocycles. The van der Waals surface area contributed by atoms with E-state index in [-0.39, 0.29) is 11.6 Å². The van der Waals surface area contributed by atoms with Crippen molar-refractivity contribution in [1.29, 1.82) is 0 Å². The van der Waals surface area contributed by atoms with Crippen LogP contribution in [-0.2, 0) is 4.74 Å². The average molecular weight is 197 g/mol. The molecule has 0 aromatic rings. The van der Waals surface area contributed by atoms with Gasteiger partial charge in [0.15, 0.2) is 0 Å². The number of nitrogens with one attached hydrogen (secondary N) is 1. The van der Waals surface area contributed by atoms with Crippen molar-refractivity contribution >= 4 is 6.09 Å². The third-order valence-electron chi connectivity index (χ3n) is 3.09. The number of amides is 1. The van der Waals surface area contributed by atoms with E-state index in [2.05, 4.69) is 23.6 Å². The van der Waals surface area contributed by atoms with Crippen molar-refractivity contribution < 1.29 is 9.53 Å². The largest absolute Gasteiger partial charge is 0.453 e. The van der Waals surface area contributed by atoms with E-state index >= 15 is 0 Å². The number of carbonyl (C=O) groups excluding carboxylic acids is 1. The minimum absolute atomic E-state index is 0.193. The van der Waals surface area contributed by atoms with E-state index in [1.807, 2.05) is 0 Å². The van der Waals surface area contributed by atoms with Crippen LogP contribution >= 0.6 is 0 Å². The monoisotopic (exact) mass is 197 g/mol. The Labute approximate surface area is 85.5 Å². The van der Waals surface area contributed by atoms with Crippen LogP contribution in [0.5, 0.6) is 0 Å². The van der Waals surface area contributed by atoms with Crippen molar-refractivity contribution in [2.24, 2.45) is 0 Å².